The Hall–Kier alpha value is -1.34. The number of amides is 2. The van der Waals surface area contributed by atoms with Crippen LogP contribution in [0.15, 0.2) is 0 Å². The number of hydrogen-bond acceptors (Lipinski definition) is 9. The fraction of sp³-hybridized carbons (Fsp3) is 0.967. The molecule has 2 amide bonds. The Morgan fingerprint density at radius 3 is 0.662 bits per heavy atom. The molecule has 0 aromatic heterocycles. The second kappa shape index (κ2) is 54.9. The molecule has 0 radical (unpaired) electrons. The molecule has 0 unspecified atom stereocenters. The maximum absolute atomic E-state index is 12.1. The minimum absolute atomic E-state index is 0.0280. The number of nitrogens with one attached hydrogen (secondary N) is 2. The first-order valence-electron chi connectivity index (χ1n) is 30.9. The summed E-state index contributed by atoms with van der Waals surface area (Å²) in [5.41, 5.74) is 0. The van der Waals surface area contributed by atoms with Crippen LogP contribution in [-0.4, -0.2) is 80.7 Å². The summed E-state index contributed by atoms with van der Waals surface area (Å²) < 4.78 is 5.91. The molecular formula is C60H120N2O9. The smallest absolute Gasteiger partial charge is 0.275 e. The zero-order valence-electron chi connectivity index (χ0n) is 46.5. The molecule has 0 atom stereocenters. The minimum atomic E-state index is -2.50. The summed E-state index contributed by atoms with van der Waals surface area (Å²) in [6, 6.07) is 0. The van der Waals surface area contributed by atoms with E-state index in [0.717, 1.165) is 90.5 Å². The Labute approximate surface area is 438 Å². The van der Waals surface area contributed by atoms with Crippen LogP contribution in [0.1, 0.15) is 334 Å². The van der Waals surface area contributed by atoms with Gasteiger partial charge in [-0.15, -0.1) is 0 Å². The van der Waals surface area contributed by atoms with Crippen molar-refractivity contribution in [3.05, 3.63) is 0 Å². The van der Waals surface area contributed by atoms with Crippen LogP contribution >= 0.6 is 0 Å². The Bertz CT molecular complexity index is 1000. The van der Waals surface area contributed by atoms with Crippen molar-refractivity contribution in [3.63, 3.8) is 0 Å². The first-order chi connectivity index (χ1) is 34.5. The summed E-state index contributed by atoms with van der Waals surface area (Å²) in [5, 5.41) is 59.6. The van der Waals surface area contributed by atoms with Crippen LogP contribution in [0.5, 0.6) is 0 Å². The third-order valence-corrected chi connectivity index (χ3v) is 14.4. The summed E-state index contributed by atoms with van der Waals surface area (Å²) in [5.74, 6) is -4.56. The van der Waals surface area contributed by atoms with Gasteiger partial charge in [-0.25, -0.2) is 0 Å². The molecule has 0 aliphatic carbocycles. The van der Waals surface area contributed by atoms with Crippen LogP contribution in [0, 0.1) is 0 Å². The molecule has 8 N–H and O–H groups in total. The van der Waals surface area contributed by atoms with Gasteiger partial charge in [0.2, 0.25) is 11.8 Å². The third kappa shape index (κ3) is 64.7. The predicted octanol–water partition coefficient (Wildman–Crippen LogP) is 14.8. The van der Waals surface area contributed by atoms with E-state index in [1.165, 1.54) is 231 Å². The molecule has 11 heteroatoms. The highest BCUT2D eigenvalue weighted by Gasteiger charge is 2.17. The number of hydrogen-bond donors (Lipinski definition) is 8. The zero-order valence-corrected chi connectivity index (χ0v) is 46.5. The molecule has 0 aromatic carbocycles. The van der Waals surface area contributed by atoms with Gasteiger partial charge in [-0.05, 0) is 51.4 Å². The van der Waals surface area contributed by atoms with E-state index in [-0.39, 0.29) is 24.7 Å². The second-order valence-corrected chi connectivity index (χ2v) is 21.8. The maximum Gasteiger partial charge on any atom is 0.275 e. The maximum atomic E-state index is 12.1. The van der Waals surface area contributed by atoms with Gasteiger partial charge >= 0.3 is 0 Å². The molecule has 0 saturated carbocycles. The van der Waals surface area contributed by atoms with Gasteiger partial charge < -0.3 is 46.0 Å². The predicted molar refractivity (Wildman–Crippen MR) is 296 cm³/mol. The molecule has 11 nitrogen and oxygen atoms in total. The summed E-state index contributed by atoms with van der Waals surface area (Å²) in [6.45, 7) is 3.52. The van der Waals surface area contributed by atoms with Crippen molar-refractivity contribution in [2.45, 2.75) is 346 Å². The van der Waals surface area contributed by atoms with Crippen molar-refractivity contribution in [2.75, 3.05) is 26.3 Å². The highest BCUT2D eigenvalue weighted by molar-refractivity contribution is 5.76. The van der Waals surface area contributed by atoms with E-state index >= 15 is 0 Å². The van der Waals surface area contributed by atoms with Crippen molar-refractivity contribution in [3.8, 4) is 0 Å². The Kier molecular flexibility index (Phi) is 53.9. The van der Waals surface area contributed by atoms with Crippen molar-refractivity contribution in [2.24, 2.45) is 0 Å². The molecule has 0 spiro atoms. The second-order valence-electron chi connectivity index (χ2n) is 21.8. The van der Waals surface area contributed by atoms with Gasteiger partial charge in [0.05, 0.1) is 0 Å². The molecule has 0 rings (SSSR count). The van der Waals surface area contributed by atoms with Crippen molar-refractivity contribution < 1.29 is 45.0 Å². The number of ether oxygens (including phenoxy) is 1. The number of carbonyl (C=O) groups is 2. The number of carbonyl (C=O) groups excluding carboxylic acids is 2. The molecule has 0 saturated heterocycles. The van der Waals surface area contributed by atoms with Crippen LogP contribution in [-0.2, 0) is 14.3 Å². The first kappa shape index (κ1) is 69.7. The van der Waals surface area contributed by atoms with E-state index in [9.17, 15) is 9.59 Å². The minimum Gasteiger partial charge on any atom is -0.381 e. The normalized spacial score (nSPS) is 12.0. The lowest BCUT2D eigenvalue weighted by molar-refractivity contribution is -0.316. The summed E-state index contributed by atoms with van der Waals surface area (Å²) >= 11 is 0. The molecule has 424 valence electrons. The molecule has 0 bridgehead atoms. The van der Waals surface area contributed by atoms with Gasteiger partial charge in [-0.1, -0.05) is 257 Å². The van der Waals surface area contributed by atoms with Gasteiger partial charge in [0.15, 0.2) is 0 Å². The van der Waals surface area contributed by atoms with Crippen molar-refractivity contribution >= 4 is 11.8 Å². The molecule has 71 heavy (non-hydrogen) atoms. The standard InChI is InChI=1S/C60H120N2O9/c63-57(49-41-33-25-17-9-1-3-11-19-27-35-43-51-59(65,66)67)61-53-45-37-29-21-13-5-7-15-23-31-39-47-55-71-56-48-40-32-24-16-8-6-14-22-30-38-46-54-62-58(64)50-42-34-26-18-10-2-4-12-20-28-36-44-52-60(68,69)70/h65-70H,1-56H2,(H,61,63)(H,62,64). The molecule has 0 heterocycles. The van der Waals surface area contributed by atoms with E-state index in [2.05, 4.69) is 10.6 Å². The molecule has 0 aliphatic heterocycles. The fourth-order valence-electron chi connectivity index (χ4n) is 9.76. The van der Waals surface area contributed by atoms with E-state index < -0.39 is 11.9 Å². The molecule has 0 fully saturated rings. The highest BCUT2D eigenvalue weighted by atomic mass is 16.7. The van der Waals surface area contributed by atoms with Gasteiger partial charge in [-0.3, -0.25) is 9.59 Å². The number of rotatable bonds is 60. The van der Waals surface area contributed by atoms with Gasteiger partial charge in [0, 0.05) is 52.0 Å². The first-order valence-corrected chi connectivity index (χ1v) is 30.9. The van der Waals surface area contributed by atoms with E-state index in [4.69, 9.17) is 35.4 Å². The largest absolute Gasteiger partial charge is 0.381 e. The monoisotopic (exact) mass is 1010 g/mol. The molecule has 0 aliphatic rings. The Morgan fingerprint density at radius 2 is 0.437 bits per heavy atom. The lowest BCUT2D eigenvalue weighted by Gasteiger charge is -2.12. The molecular weight excluding hydrogens is 893 g/mol. The summed E-state index contributed by atoms with van der Waals surface area (Å²) in [7, 11) is 0. The van der Waals surface area contributed by atoms with Crippen molar-refractivity contribution in [1.82, 2.24) is 10.6 Å². The van der Waals surface area contributed by atoms with Gasteiger partial charge in [-0.2, -0.15) is 0 Å². The van der Waals surface area contributed by atoms with Crippen LogP contribution in [0.3, 0.4) is 0 Å². The van der Waals surface area contributed by atoms with Gasteiger partial charge in [0.1, 0.15) is 0 Å². The summed E-state index contributed by atoms with van der Waals surface area (Å²) in [4.78, 5) is 24.3. The van der Waals surface area contributed by atoms with Crippen LogP contribution in [0.2, 0.25) is 0 Å². The van der Waals surface area contributed by atoms with E-state index in [1.807, 2.05) is 0 Å². The lowest BCUT2D eigenvalue weighted by Crippen LogP contribution is -2.26. The topological polar surface area (TPSA) is 189 Å². The highest BCUT2D eigenvalue weighted by Crippen LogP contribution is 2.18. The average molecular weight is 1010 g/mol. The lowest BCUT2D eigenvalue weighted by atomic mass is 10.0. The van der Waals surface area contributed by atoms with Crippen LogP contribution < -0.4 is 10.6 Å². The fourth-order valence-corrected chi connectivity index (χ4v) is 9.76. The van der Waals surface area contributed by atoms with Gasteiger partial charge in [0.25, 0.3) is 11.9 Å². The van der Waals surface area contributed by atoms with E-state index in [0.29, 0.717) is 25.7 Å². The van der Waals surface area contributed by atoms with E-state index in [1.54, 1.807) is 0 Å². The number of aliphatic hydroxyl groups is 6. The third-order valence-electron chi connectivity index (χ3n) is 14.4. The van der Waals surface area contributed by atoms with Crippen molar-refractivity contribution in [1.29, 1.82) is 0 Å². The molecule has 0 aromatic rings. The average Bonchev–Trinajstić information content (AvgIpc) is 3.32. The summed E-state index contributed by atoms with van der Waals surface area (Å²) in [6.07, 6.45) is 59.6. The number of unbranched alkanes of at least 4 members (excludes halogenated alkanes) is 44. The van der Waals surface area contributed by atoms with Crippen LogP contribution in [0.4, 0.5) is 0 Å². The SMILES string of the molecule is O=C(CCCCCCCCCCCCCCC(O)(O)O)NCCCCCCCCCCCCCCOCCCCCCCCCCCCCCNC(=O)CCCCCCCCCCCCCCC(O)(O)O. The quantitative estimate of drug-likeness (QED) is 0.0217. The zero-order chi connectivity index (χ0) is 51.9. The Balaban J connectivity index is 3.19. The van der Waals surface area contributed by atoms with Crippen LogP contribution in [0.25, 0.3) is 0 Å². The Morgan fingerprint density at radius 1 is 0.254 bits per heavy atom.